The molecule has 0 spiro atoms. The summed E-state index contributed by atoms with van der Waals surface area (Å²) in [6.07, 6.45) is 0. The van der Waals surface area contributed by atoms with Gasteiger partial charge in [-0.3, -0.25) is 0 Å². The van der Waals surface area contributed by atoms with Crippen molar-refractivity contribution in [2.75, 3.05) is 0 Å². The molecule has 0 amide bonds. The minimum atomic E-state index is 0. The van der Waals surface area contributed by atoms with Crippen LogP contribution < -0.4 is 17.0 Å². The maximum Gasteiger partial charge on any atom is 2.00 e. The van der Waals surface area contributed by atoms with Crippen molar-refractivity contribution in [3.05, 3.63) is 41.8 Å². The van der Waals surface area contributed by atoms with Crippen LogP contribution in [0.1, 0.15) is 5.56 Å². The molecule has 3 heteroatoms. The molecule has 50 valence electrons. The first-order chi connectivity index (χ1) is 3.79. The average molecular weight is 230 g/mol. The van der Waals surface area contributed by atoms with E-state index in [9.17, 15) is 0 Å². The van der Waals surface area contributed by atoms with E-state index in [2.05, 4.69) is 6.92 Å². The predicted molar refractivity (Wildman–Crippen MR) is 41.7 cm³/mol. The van der Waals surface area contributed by atoms with Crippen molar-refractivity contribution >= 4 is 34.7 Å². The summed E-state index contributed by atoms with van der Waals surface area (Å²) in [7, 11) is 0. The molecule has 0 aromatic heterocycles. The number of hydrogen-bond donors (Lipinski definition) is 0. The van der Waals surface area contributed by atoms with Crippen LogP contribution in [0, 0.1) is 6.92 Å². The molecule has 0 saturated carbocycles. The third kappa shape index (κ3) is 4.44. The van der Waals surface area contributed by atoms with Gasteiger partial charge in [-0.2, -0.15) is 24.6 Å². The first-order valence-electron chi connectivity index (χ1n) is 2.36. The monoisotopic (exact) mass is 228 g/mol. The number of hydrogen-bond acceptors (Lipinski definition) is 0. The summed E-state index contributed by atoms with van der Waals surface area (Å²) in [5, 5.41) is 0.761. The quantitative estimate of drug-likeness (QED) is 0.402. The van der Waals surface area contributed by atoms with Gasteiger partial charge in [0.05, 0.1) is 0 Å². The Morgan fingerprint density at radius 1 is 1.10 bits per heavy atom. The molecule has 0 aliphatic rings. The topological polar surface area (TPSA) is 0 Å². The van der Waals surface area contributed by atoms with Crippen LogP contribution in [-0.4, -0.2) is 23.1 Å². The van der Waals surface area contributed by atoms with E-state index in [1.54, 1.807) is 0 Å². The summed E-state index contributed by atoms with van der Waals surface area (Å²) in [5.74, 6) is 0. The fraction of sp³-hybridized carbons (Fsp3) is 0. The van der Waals surface area contributed by atoms with Gasteiger partial charge in [-0.1, -0.05) is 23.7 Å². The van der Waals surface area contributed by atoms with Crippen LogP contribution in [0.15, 0.2) is 24.3 Å². The summed E-state index contributed by atoms with van der Waals surface area (Å²) in [5.41, 5.74) is 0.995. The Morgan fingerprint density at radius 3 is 1.80 bits per heavy atom. The van der Waals surface area contributed by atoms with Crippen LogP contribution in [0.5, 0.6) is 0 Å². The standard InChI is InChI=1S/C7H6Cl.BrH.Mg/c1-6-2-4-7(8)5-3-6;;/h2-5H,1H2;1H;/q-1;;+2/p-1. The van der Waals surface area contributed by atoms with E-state index < -0.39 is 0 Å². The zero-order valence-corrected chi connectivity index (χ0v) is 9.24. The van der Waals surface area contributed by atoms with Crippen LogP contribution in [0.25, 0.3) is 0 Å². The fourth-order valence-corrected chi connectivity index (χ4v) is 0.610. The molecular weight excluding hydrogens is 224 g/mol. The van der Waals surface area contributed by atoms with Crippen molar-refractivity contribution in [3.63, 3.8) is 0 Å². The van der Waals surface area contributed by atoms with Gasteiger partial charge in [0.25, 0.3) is 0 Å². The van der Waals surface area contributed by atoms with Crippen molar-refractivity contribution in [3.8, 4) is 0 Å². The third-order valence-electron chi connectivity index (χ3n) is 0.913. The molecule has 1 aromatic rings. The zero-order chi connectivity index (χ0) is 5.98. The minimum absolute atomic E-state index is 0. The smallest absolute Gasteiger partial charge is 1.00 e. The summed E-state index contributed by atoms with van der Waals surface area (Å²) >= 11 is 5.58. The Labute approximate surface area is 92.9 Å². The van der Waals surface area contributed by atoms with E-state index in [-0.39, 0.29) is 40.0 Å². The fourth-order valence-electron chi connectivity index (χ4n) is 0.484. The van der Waals surface area contributed by atoms with Crippen molar-refractivity contribution in [2.45, 2.75) is 0 Å². The Balaban J connectivity index is 0. The van der Waals surface area contributed by atoms with Crippen LogP contribution in [0.3, 0.4) is 0 Å². The second-order valence-electron chi connectivity index (χ2n) is 1.63. The number of rotatable bonds is 0. The average Bonchev–Trinajstić information content (AvgIpc) is 1.77. The molecule has 1 aromatic carbocycles. The van der Waals surface area contributed by atoms with Gasteiger partial charge in [0.15, 0.2) is 0 Å². The second kappa shape index (κ2) is 6.34. The minimum Gasteiger partial charge on any atom is -1.00 e. The first kappa shape index (κ1) is 13.2. The molecule has 0 aliphatic heterocycles. The first-order valence-corrected chi connectivity index (χ1v) is 2.74. The van der Waals surface area contributed by atoms with Crippen LogP contribution in [-0.2, 0) is 0 Å². The molecular formula is C7H6BrClMg. The molecule has 0 aliphatic carbocycles. The molecule has 10 heavy (non-hydrogen) atoms. The van der Waals surface area contributed by atoms with E-state index in [0.29, 0.717) is 0 Å². The summed E-state index contributed by atoms with van der Waals surface area (Å²) in [4.78, 5) is 0. The van der Waals surface area contributed by atoms with Crippen molar-refractivity contribution in [2.24, 2.45) is 0 Å². The molecule has 0 bridgehead atoms. The Morgan fingerprint density at radius 2 is 1.50 bits per heavy atom. The molecule has 0 N–H and O–H groups in total. The van der Waals surface area contributed by atoms with Gasteiger partial charge in [-0.25, -0.2) is 0 Å². The molecule has 0 fully saturated rings. The van der Waals surface area contributed by atoms with Crippen LogP contribution in [0.2, 0.25) is 5.02 Å². The molecule has 0 unspecified atom stereocenters. The Kier molecular flexibility index (Phi) is 8.39. The van der Waals surface area contributed by atoms with Gasteiger partial charge in [0.2, 0.25) is 0 Å². The van der Waals surface area contributed by atoms with E-state index in [1.165, 1.54) is 0 Å². The van der Waals surface area contributed by atoms with E-state index in [1.807, 2.05) is 24.3 Å². The Hall–Kier alpha value is 0.626. The predicted octanol–water partition coefficient (Wildman–Crippen LogP) is -0.855. The van der Waals surface area contributed by atoms with E-state index >= 15 is 0 Å². The molecule has 0 nitrogen and oxygen atoms in total. The van der Waals surface area contributed by atoms with Gasteiger partial charge < -0.3 is 17.0 Å². The van der Waals surface area contributed by atoms with Gasteiger partial charge >= 0.3 is 23.1 Å². The van der Waals surface area contributed by atoms with Gasteiger partial charge in [0, 0.05) is 5.02 Å². The van der Waals surface area contributed by atoms with Crippen molar-refractivity contribution in [1.82, 2.24) is 0 Å². The number of halogens is 2. The molecule has 0 heterocycles. The summed E-state index contributed by atoms with van der Waals surface area (Å²) in [6.45, 7) is 3.70. The largest absolute Gasteiger partial charge is 2.00 e. The Bertz CT molecular complexity index is 152. The maximum absolute atomic E-state index is 5.58. The van der Waals surface area contributed by atoms with Gasteiger partial charge in [-0.05, 0) is 0 Å². The van der Waals surface area contributed by atoms with Crippen LogP contribution in [0.4, 0.5) is 0 Å². The van der Waals surface area contributed by atoms with Crippen molar-refractivity contribution in [1.29, 1.82) is 0 Å². The SMILES string of the molecule is [Br-].[CH2-]c1ccc(Cl)cc1.[Mg+2]. The van der Waals surface area contributed by atoms with Gasteiger partial charge in [-0.15, -0.1) is 0 Å². The van der Waals surface area contributed by atoms with Crippen LogP contribution >= 0.6 is 11.6 Å². The molecule has 0 saturated heterocycles. The second-order valence-corrected chi connectivity index (χ2v) is 2.06. The molecule has 0 atom stereocenters. The molecule has 0 radical (unpaired) electrons. The zero-order valence-electron chi connectivity index (χ0n) is 5.48. The van der Waals surface area contributed by atoms with E-state index in [0.717, 1.165) is 10.6 Å². The maximum atomic E-state index is 5.58. The normalized spacial score (nSPS) is 7.30. The number of benzene rings is 1. The van der Waals surface area contributed by atoms with Gasteiger partial charge in [0.1, 0.15) is 0 Å². The van der Waals surface area contributed by atoms with E-state index in [4.69, 9.17) is 11.6 Å². The summed E-state index contributed by atoms with van der Waals surface area (Å²) in [6, 6.07) is 7.40. The third-order valence-corrected chi connectivity index (χ3v) is 1.17. The van der Waals surface area contributed by atoms with Crippen molar-refractivity contribution < 1.29 is 17.0 Å². The summed E-state index contributed by atoms with van der Waals surface area (Å²) < 4.78 is 0. The molecule has 1 rings (SSSR count).